The van der Waals surface area contributed by atoms with Crippen molar-refractivity contribution in [3.8, 4) is 28.7 Å². The van der Waals surface area contributed by atoms with Crippen molar-refractivity contribution in [2.75, 3.05) is 0 Å². The second-order valence-electron chi connectivity index (χ2n) is 4.67. The van der Waals surface area contributed by atoms with E-state index in [-0.39, 0.29) is 23.1 Å². The molecule has 0 amide bonds. The van der Waals surface area contributed by atoms with Crippen molar-refractivity contribution in [1.29, 1.82) is 0 Å². The standard InChI is InChI=1S/C14H7Br2FN2O4S/c15-10-5-8(6-11(16)12(10)20)14-19-18-13(23-14)7-2-1-3-9(4-7)24(17,21)22/h1-6,20H. The van der Waals surface area contributed by atoms with E-state index in [9.17, 15) is 17.4 Å². The van der Waals surface area contributed by atoms with Crippen molar-refractivity contribution < 1.29 is 21.8 Å². The molecule has 3 rings (SSSR count). The summed E-state index contributed by atoms with van der Waals surface area (Å²) in [4.78, 5) is -0.491. The monoisotopic (exact) mass is 476 g/mol. The third kappa shape index (κ3) is 3.35. The van der Waals surface area contributed by atoms with Gasteiger partial charge in [0.2, 0.25) is 11.8 Å². The van der Waals surface area contributed by atoms with Gasteiger partial charge in [0.05, 0.1) is 13.8 Å². The number of phenolic OH excluding ortho intramolecular Hbond substituents is 1. The first-order valence-electron chi connectivity index (χ1n) is 6.32. The van der Waals surface area contributed by atoms with Gasteiger partial charge < -0.3 is 9.52 Å². The summed E-state index contributed by atoms with van der Waals surface area (Å²) in [5.41, 5.74) is 0.795. The minimum atomic E-state index is -4.82. The Morgan fingerprint density at radius 3 is 2.17 bits per heavy atom. The maximum absolute atomic E-state index is 13.1. The maximum atomic E-state index is 13.1. The topological polar surface area (TPSA) is 93.3 Å². The molecule has 24 heavy (non-hydrogen) atoms. The lowest BCUT2D eigenvalue weighted by Gasteiger charge is -2.02. The lowest BCUT2D eigenvalue weighted by molar-refractivity contribution is 0.468. The number of nitrogens with zero attached hydrogens (tertiary/aromatic N) is 2. The molecule has 1 N–H and O–H groups in total. The van der Waals surface area contributed by atoms with Crippen LogP contribution in [0.1, 0.15) is 0 Å². The molecule has 0 aliphatic carbocycles. The van der Waals surface area contributed by atoms with Crippen molar-refractivity contribution >= 4 is 42.1 Å². The number of aromatic hydroxyl groups is 1. The molecule has 0 atom stereocenters. The average Bonchev–Trinajstić information content (AvgIpc) is 3.01. The van der Waals surface area contributed by atoms with E-state index in [1.165, 1.54) is 12.1 Å². The fourth-order valence-electron chi connectivity index (χ4n) is 1.93. The van der Waals surface area contributed by atoms with E-state index in [1.807, 2.05) is 0 Å². The highest BCUT2D eigenvalue weighted by atomic mass is 79.9. The number of hydrogen-bond donors (Lipinski definition) is 1. The highest BCUT2D eigenvalue weighted by Crippen LogP contribution is 2.37. The molecule has 0 bridgehead atoms. The van der Waals surface area contributed by atoms with Gasteiger partial charge in [-0.1, -0.05) is 6.07 Å². The summed E-state index contributed by atoms with van der Waals surface area (Å²) in [7, 11) is -4.82. The van der Waals surface area contributed by atoms with Crippen LogP contribution in [0.3, 0.4) is 0 Å². The van der Waals surface area contributed by atoms with Crippen molar-refractivity contribution in [2.24, 2.45) is 0 Å². The van der Waals surface area contributed by atoms with E-state index in [1.54, 1.807) is 12.1 Å². The first kappa shape index (κ1) is 17.1. The average molecular weight is 478 g/mol. The highest BCUT2D eigenvalue weighted by Gasteiger charge is 2.17. The number of phenols is 1. The van der Waals surface area contributed by atoms with E-state index in [4.69, 9.17) is 4.42 Å². The lowest BCUT2D eigenvalue weighted by atomic mass is 10.2. The van der Waals surface area contributed by atoms with Gasteiger partial charge in [0.1, 0.15) is 5.75 Å². The van der Waals surface area contributed by atoms with Crippen LogP contribution in [0.15, 0.2) is 54.7 Å². The third-order valence-corrected chi connectivity index (χ3v) is 5.08. The SMILES string of the molecule is O=S(=O)(F)c1cccc(-c2nnc(-c3cc(Br)c(O)c(Br)c3)o2)c1. The molecule has 0 aliphatic heterocycles. The molecule has 1 aromatic heterocycles. The Kier molecular flexibility index (Phi) is 4.45. The highest BCUT2D eigenvalue weighted by molar-refractivity contribution is 9.11. The van der Waals surface area contributed by atoms with Gasteiger partial charge in [-0.3, -0.25) is 0 Å². The van der Waals surface area contributed by atoms with Crippen LogP contribution in [0, 0.1) is 0 Å². The fourth-order valence-corrected chi connectivity index (χ4v) is 3.62. The number of rotatable bonds is 3. The van der Waals surface area contributed by atoms with Crippen LogP contribution in [0.5, 0.6) is 5.75 Å². The Morgan fingerprint density at radius 1 is 1.00 bits per heavy atom. The Hall–Kier alpha value is -1.78. The summed E-state index contributed by atoms with van der Waals surface area (Å²) in [6, 6.07) is 8.30. The largest absolute Gasteiger partial charge is 0.506 e. The second kappa shape index (κ2) is 6.26. The van der Waals surface area contributed by atoms with E-state index in [0.717, 1.165) is 12.1 Å². The second-order valence-corrected chi connectivity index (χ2v) is 7.72. The molecule has 0 unspecified atom stereocenters. The van der Waals surface area contributed by atoms with E-state index in [2.05, 4.69) is 42.1 Å². The van der Waals surface area contributed by atoms with Crippen LogP contribution in [0.4, 0.5) is 3.89 Å². The van der Waals surface area contributed by atoms with Gasteiger partial charge in [-0.2, -0.15) is 8.42 Å². The Balaban J connectivity index is 2.03. The summed E-state index contributed by atoms with van der Waals surface area (Å²) in [5.74, 6) is 0.218. The van der Waals surface area contributed by atoms with Crippen molar-refractivity contribution in [2.45, 2.75) is 4.90 Å². The van der Waals surface area contributed by atoms with Crippen LogP contribution in [-0.4, -0.2) is 23.7 Å². The third-order valence-electron chi connectivity index (χ3n) is 3.05. The molecule has 6 nitrogen and oxygen atoms in total. The van der Waals surface area contributed by atoms with Gasteiger partial charge in [0.15, 0.2) is 0 Å². The Bertz CT molecular complexity index is 1010. The van der Waals surface area contributed by atoms with Crippen LogP contribution in [-0.2, 0) is 10.2 Å². The molecule has 3 aromatic rings. The van der Waals surface area contributed by atoms with Crippen molar-refractivity contribution in [3.63, 3.8) is 0 Å². The molecule has 0 radical (unpaired) electrons. The molecular formula is C14H7Br2FN2O4S. The van der Waals surface area contributed by atoms with Crippen LogP contribution < -0.4 is 0 Å². The van der Waals surface area contributed by atoms with E-state index < -0.39 is 15.1 Å². The van der Waals surface area contributed by atoms with Crippen LogP contribution in [0.2, 0.25) is 0 Å². The number of hydrogen-bond acceptors (Lipinski definition) is 6. The van der Waals surface area contributed by atoms with Crippen LogP contribution >= 0.6 is 31.9 Å². The Labute approximate surface area is 152 Å². The summed E-state index contributed by atoms with van der Waals surface area (Å²) in [6.45, 7) is 0. The van der Waals surface area contributed by atoms with Gasteiger partial charge in [-0.25, -0.2) is 0 Å². The molecule has 10 heteroatoms. The molecule has 0 aliphatic rings. The molecule has 2 aromatic carbocycles. The normalized spacial score (nSPS) is 11.6. The minimum Gasteiger partial charge on any atom is -0.506 e. The lowest BCUT2D eigenvalue weighted by Crippen LogP contribution is -1.92. The maximum Gasteiger partial charge on any atom is 0.332 e. The van der Waals surface area contributed by atoms with Crippen molar-refractivity contribution in [3.05, 3.63) is 45.3 Å². The zero-order chi connectivity index (χ0) is 17.5. The summed E-state index contributed by atoms with van der Waals surface area (Å²) in [5, 5.41) is 17.4. The van der Waals surface area contributed by atoms with E-state index in [0.29, 0.717) is 14.5 Å². The summed E-state index contributed by atoms with van der Waals surface area (Å²) >= 11 is 6.40. The quantitative estimate of drug-likeness (QED) is 0.565. The minimum absolute atomic E-state index is 0.0272. The van der Waals surface area contributed by atoms with Crippen molar-refractivity contribution in [1.82, 2.24) is 10.2 Å². The van der Waals surface area contributed by atoms with E-state index >= 15 is 0 Å². The molecule has 1 heterocycles. The fraction of sp³-hybridized carbons (Fsp3) is 0. The number of benzene rings is 2. The predicted molar refractivity (Wildman–Crippen MR) is 90.5 cm³/mol. The number of halogens is 3. The summed E-state index contributed by atoms with van der Waals surface area (Å²) in [6.07, 6.45) is 0. The van der Waals surface area contributed by atoms with Gasteiger partial charge >= 0.3 is 10.2 Å². The van der Waals surface area contributed by atoms with Gasteiger partial charge in [-0.15, -0.1) is 14.1 Å². The summed E-state index contributed by atoms with van der Waals surface area (Å²) < 4.78 is 41.4. The molecule has 0 fully saturated rings. The Morgan fingerprint density at radius 2 is 1.58 bits per heavy atom. The van der Waals surface area contributed by atoms with Gasteiger partial charge in [0.25, 0.3) is 0 Å². The molecular weight excluding hydrogens is 471 g/mol. The number of aromatic nitrogens is 2. The van der Waals surface area contributed by atoms with Crippen LogP contribution in [0.25, 0.3) is 22.9 Å². The zero-order valence-electron chi connectivity index (χ0n) is 11.6. The molecule has 0 saturated carbocycles. The zero-order valence-corrected chi connectivity index (χ0v) is 15.6. The van der Waals surface area contributed by atoms with Gasteiger partial charge in [-0.05, 0) is 62.2 Å². The smallest absolute Gasteiger partial charge is 0.332 e. The molecule has 124 valence electrons. The molecule has 0 saturated heterocycles. The predicted octanol–water partition coefficient (Wildman–Crippen LogP) is 4.29. The van der Waals surface area contributed by atoms with Gasteiger partial charge in [0, 0.05) is 11.1 Å². The first-order chi connectivity index (χ1) is 11.3. The first-order valence-corrected chi connectivity index (χ1v) is 9.29. The molecule has 0 spiro atoms.